The maximum Gasteiger partial charge on any atom is 0.317 e. The molecule has 0 atom stereocenters. The number of hydrogen-bond acceptors (Lipinski definition) is 2. The summed E-state index contributed by atoms with van der Waals surface area (Å²) in [6.07, 6.45) is 4.34. The largest absolute Gasteiger partial charge is 0.338 e. The van der Waals surface area contributed by atoms with Crippen molar-refractivity contribution in [3.63, 3.8) is 0 Å². The van der Waals surface area contributed by atoms with E-state index in [2.05, 4.69) is 10.3 Å². The number of carbonyl (C=O) groups excluding carboxylic acids is 1. The van der Waals surface area contributed by atoms with Gasteiger partial charge >= 0.3 is 6.03 Å². The van der Waals surface area contributed by atoms with Gasteiger partial charge in [-0.1, -0.05) is 25.1 Å². The van der Waals surface area contributed by atoms with Crippen molar-refractivity contribution in [2.75, 3.05) is 13.6 Å². The lowest BCUT2D eigenvalue weighted by molar-refractivity contribution is 0.205. The van der Waals surface area contributed by atoms with Crippen molar-refractivity contribution in [2.24, 2.45) is 0 Å². The topological polar surface area (TPSA) is 50.2 Å². The Bertz CT molecular complexity index is 626. The van der Waals surface area contributed by atoms with Gasteiger partial charge in [-0.05, 0) is 12.5 Å². The Morgan fingerprint density at radius 2 is 2.18 bits per heavy atom. The summed E-state index contributed by atoms with van der Waals surface area (Å²) in [4.78, 5) is 17.7. The molecule has 1 aromatic carbocycles. The lowest BCUT2D eigenvalue weighted by Gasteiger charge is -2.18. The van der Waals surface area contributed by atoms with E-state index < -0.39 is 0 Å². The van der Waals surface area contributed by atoms with E-state index in [1.54, 1.807) is 42.5 Å². The molecule has 0 bridgehead atoms. The first kappa shape index (κ1) is 16.0. The van der Waals surface area contributed by atoms with Crippen LogP contribution in [-0.4, -0.2) is 34.1 Å². The van der Waals surface area contributed by atoms with Gasteiger partial charge in [0.2, 0.25) is 0 Å². The van der Waals surface area contributed by atoms with Crippen LogP contribution < -0.4 is 5.32 Å². The average molecular weight is 304 g/mol. The smallest absolute Gasteiger partial charge is 0.317 e. The van der Waals surface area contributed by atoms with E-state index in [0.29, 0.717) is 25.2 Å². The van der Waals surface area contributed by atoms with Gasteiger partial charge in [-0.25, -0.2) is 14.2 Å². The molecule has 0 aliphatic carbocycles. The summed E-state index contributed by atoms with van der Waals surface area (Å²) in [5.41, 5.74) is 0.597. The molecule has 0 aliphatic heterocycles. The number of amides is 2. The van der Waals surface area contributed by atoms with E-state index in [9.17, 15) is 9.18 Å². The molecule has 2 amide bonds. The number of nitrogens with one attached hydrogen (secondary N) is 1. The first-order chi connectivity index (χ1) is 10.6. The molecule has 2 rings (SSSR count). The summed E-state index contributed by atoms with van der Waals surface area (Å²) >= 11 is 0. The molecule has 0 saturated carbocycles. The highest BCUT2D eigenvalue weighted by Gasteiger charge is 2.12. The van der Waals surface area contributed by atoms with Gasteiger partial charge in [0.05, 0.1) is 13.1 Å². The molecule has 118 valence electrons. The molecule has 1 aromatic heterocycles. The van der Waals surface area contributed by atoms with E-state index in [-0.39, 0.29) is 11.8 Å². The first-order valence-electron chi connectivity index (χ1n) is 7.34. The zero-order valence-corrected chi connectivity index (χ0v) is 12.9. The molecule has 1 heterocycles. The van der Waals surface area contributed by atoms with Crippen molar-refractivity contribution in [3.8, 4) is 0 Å². The van der Waals surface area contributed by atoms with E-state index >= 15 is 0 Å². The lowest BCUT2D eigenvalue weighted by Crippen LogP contribution is -2.37. The number of urea groups is 1. The maximum absolute atomic E-state index is 13.7. The second-order valence-corrected chi connectivity index (χ2v) is 5.15. The Morgan fingerprint density at radius 1 is 1.41 bits per heavy atom. The molecule has 0 saturated heterocycles. The van der Waals surface area contributed by atoms with Crippen molar-refractivity contribution in [1.29, 1.82) is 0 Å². The van der Waals surface area contributed by atoms with Crippen LogP contribution in [0, 0.1) is 5.82 Å². The van der Waals surface area contributed by atoms with Crippen LogP contribution in [0.25, 0.3) is 0 Å². The maximum atomic E-state index is 13.7. The summed E-state index contributed by atoms with van der Waals surface area (Å²) in [5.74, 6) is 0.480. The fraction of sp³-hybridized carbons (Fsp3) is 0.375. The average Bonchev–Trinajstić information content (AvgIpc) is 2.94. The summed E-state index contributed by atoms with van der Waals surface area (Å²) < 4.78 is 15.6. The van der Waals surface area contributed by atoms with Gasteiger partial charge in [0.15, 0.2) is 0 Å². The van der Waals surface area contributed by atoms with Crippen molar-refractivity contribution in [2.45, 2.75) is 26.4 Å². The number of imidazole rings is 1. The highest BCUT2D eigenvalue weighted by atomic mass is 19.1. The molecule has 0 fully saturated rings. The molecule has 0 radical (unpaired) electrons. The van der Waals surface area contributed by atoms with Gasteiger partial charge in [0.1, 0.15) is 11.6 Å². The molecule has 2 aromatic rings. The van der Waals surface area contributed by atoms with Crippen LogP contribution in [0.2, 0.25) is 0 Å². The molecule has 22 heavy (non-hydrogen) atoms. The van der Waals surface area contributed by atoms with E-state index in [4.69, 9.17) is 0 Å². The van der Waals surface area contributed by atoms with Gasteiger partial charge < -0.3 is 14.8 Å². The minimum atomic E-state index is -0.240. The fourth-order valence-electron chi connectivity index (χ4n) is 2.10. The molecule has 6 heteroatoms. The molecular formula is C16H21FN4O. The predicted octanol–water partition coefficient (Wildman–Crippen LogP) is 2.62. The van der Waals surface area contributed by atoms with Gasteiger partial charge in [-0.2, -0.15) is 0 Å². The van der Waals surface area contributed by atoms with Crippen LogP contribution in [-0.2, 0) is 13.1 Å². The molecular weight excluding hydrogens is 283 g/mol. The zero-order chi connectivity index (χ0) is 15.9. The summed E-state index contributed by atoms with van der Waals surface area (Å²) in [5, 5.41) is 2.81. The molecule has 0 spiro atoms. The Hall–Kier alpha value is -2.37. The second kappa shape index (κ2) is 7.59. The van der Waals surface area contributed by atoms with Crippen molar-refractivity contribution in [1.82, 2.24) is 19.8 Å². The van der Waals surface area contributed by atoms with Crippen molar-refractivity contribution in [3.05, 3.63) is 53.9 Å². The Morgan fingerprint density at radius 3 is 2.91 bits per heavy atom. The van der Waals surface area contributed by atoms with Crippen LogP contribution in [0.1, 0.15) is 24.7 Å². The number of carbonyl (C=O) groups is 1. The minimum absolute atomic E-state index is 0.137. The van der Waals surface area contributed by atoms with Gasteiger partial charge in [0, 0.05) is 31.5 Å². The number of rotatable bonds is 6. The third-order valence-corrected chi connectivity index (χ3v) is 3.35. The quantitative estimate of drug-likeness (QED) is 0.892. The highest BCUT2D eigenvalue weighted by molar-refractivity contribution is 5.73. The molecule has 5 nitrogen and oxygen atoms in total. The monoisotopic (exact) mass is 304 g/mol. The van der Waals surface area contributed by atoms with Gasteiger partial charge in [-0.15, -0.1) is 0 Å². The highest BCUT2D eigenvalue weighted by Crippen LogP contribution is 2.11. The normalized spacial score (nSPS) is 10.5. The Labute approximate surface area is 129 Å². The standard InChI is InChI=1S/C16H21FN4O/c1-3-8-19-16(22)20(2)12-15-18-9-10-21(15)11-13-6-4-5-7-14(13)17/h4-7,9-10H,3,8,11-12H2,1-2H3,(H,19,22). The second-order valence-electron chi connectivity index (χ2n) is 5.15. The minimum Gasteiger partial charge on any atom is -0.338 e. The summed E-state index contributed by atoms with van der Waals surface area (Å²) in [6.45, 7) is 3.41. The van der Waals surface area contributed by atoms with Crippen LogP contribution in [0.15, 0.2) is 36.7 Å². The number of nitrogens with zero attached hydrogens (tertiary/aromatic N) is 3. The third-order valence-electron chi connectivity index (χ3n) is 3.35. The van der Waals surface area contributed by atoms with Crippen molar-refractivity contribution >= 4 is 6.03 Å². The van der Waals surface area contributed by atoms with Gasteiger partial charge in [-0.3, -0.25) is 0 Å². The Kier molecular flexibility index (Phi) is 5.52. The van der Waals surface area contributed by atoms with Gasteiger partial charge in [0.25, 0.3) is 0 Å². The summed E-state index contributed by atoms with van der Waals surface area (Å²) in [7, 11) is 1.72. The van der Waals surface area contributed by atoms with Crippen LogP contribution in [0.3, 0.4) is 0 Å². The van der Waals surface area contributed by atoms with Crippen LogP contribution >= 0.6 is 0 Å². The van der Waals surface area contributed by atoms with Crippen LogP contribution in [0.5, 0.6) is 0 Å². The summed E-state index contributed by atoms with van der Waals surface area (Å²) in [6, 6.07) is 6.52. The molecule has 1 N–H and O–H groups in total. The number of benzene rings is 1. The number of halogens is 1. The van der Waals surface area contributed by atoms with E-state index in [1.807, 2.05) is 11.5 Å². The lowest BCUT2D eigenvalue weighted by atomic mass is 10.2. The first-order valence-corrected chi connectivity index (χ1v) is 7.34. The van der Waals surface area contributed by atoms with E-state index in [1.165, 1.54) is 6.07 Å². The van der Waals surface area contributed by atoms with E-state index in [0.717, 1.165) is 12.2 Å². The Balaban J connectivity index is 2.03. The predicted molar refractivity (Wildman–Crippen MR) is 82.9 cm³/mol. The number of aromatic nitrogens is 2. The number of hydrogen-bond donors (Lipinski definition) is 1. The molecule has 0 aliphatic rings. The van der Waals surface area contributed by atoms with Crippen LogP contribution in [0.4, 0.5) is 9.18 Å². The fourth-order valence-corrected chi connectivity index (χ4v) is 2.10. The van der Waals surface area contributed by atoms with Crippen molar-refractivity contribution < 1.29 is 9.18 Å². The SMILES string of the molecule is CCCNC(=O)N(C)Cc1nccn1Cc1ccccc1F. The third kappa shape index (κ3) is 4.07. The molecule has 0 unspecified atom stereocenters. The zero-order valence-electron chi connectivity index (χ0n) is 12.9.